The van der Waals surface area contributed by atoms with Gasteiger partial charge in [0.05, 0.1) is 6.54 Å². The molecule has 4 N–H and O–H groups in total. The zero-order valence-electron chi connectivity index (χ0n) is 47.0. The third-order valence-electron chi connectivity index (χ3n) is 18.8. The number of rotatable bonds is 39. The lowest BCUT2D eigenvalue weighted by atomic mass is 9.47. The molecule has 3 fully saturated rings. The molecule has 0 heterocycles. The Morgan fingerprint density at radius 1 is 0.671 bits per heavy atom. The van der Waals surface area contributed by atoms with Crippen molar-refractivity contribution in [2.24, 2.45) is 52.1 Å². The van der Waals surface area contributed by atoms with Crippen molar-refractivity contribution >= 4 is 17.9 Å². The van der Waals surface area contributed by atoms with Gasteiger partial charge in [0.1, 0.15) is 6.10 Å². The van der Waals surface area contributed by atoms with Crippen LogP contribution in [-0.4, -0.2) is 61.6 Å². The molecule has 8 nitrogen and oxygen atoms in total. The summed E-state index contributed by atoms with van der Waals surface area (Å²) in [6, 6.07) is 0. The minimum atomic E-state index is -0.276. The van der Waals surface area contributed by atoms with E-state index in [4.69, 9.17) is 10.5 Å². The molecule has 3 saturated carbocycles. The van der Waals surface area contributed by atoms with Gasteiger partial charge in [-0.2, -0.15) is 0 Å². The number of alkyl carbamates (subject to hydrolysis) is 1. The first-order valence-electron chi connectivity index (χ1n) is 30.8. The van der Waals surface area contributed by atoms with Crippen molar-refractivity contribution in [3.05, 3.63) is 11.6 Å². The number of fused-ring (bicyclic) bond motifs is 5. The minimum Gasteiger partial charge on any atom is -0.446 e. The predicted molar refractivity (Wildman–Crippen MR) is 296 cm³/mol. The second-order valence-corrected chi connectivity index (χ2v) is 24.7. The molecule has 4 aliphatic carbocycles. The van der Waals surface area contributed by atoms with Crippen molar-refractivity contribution in [3.63, 3.8) is 0 Å². The fraction of sp³-hybridized carbons (Fsp3) is 0.919. The number of nitrogens with two attached hydrogens (primary N) is 1. The monoisotopic (exact) mass is 979 g/mol. The molecule has 406 valence electrons. The molecule has 4 aliphatic rings. The first-order chi connectivity index (χ1) is 33.9. The maximum Gasteiger partial charge on any atom is 0.407 e. The van der Waals surface area contributed by atoms with E-state index in [9.17, 15) is 14.4 Å². The van der Waals surface area contributed by atoms with Crippen molar-refractivity contribution in [2.45, 2.75) is 285 Å². The number of ether oxygens (including phenoxy) is 1. The second kappa shape index (κ2) is 34.4. The maximum atomic E-state index is 13.4. The molecule has 70 heavy (non-hydrogen) atoms. The van der Waals surface area contributed by atoms with E-state index >= 15 is 0 Å². The number of carbonyl (C=O) groups excluding carboxylic acids is 3. The summed E-state index contributed by atoms with van der Waals surface area (Å²) in [5.41, 5.74) is 7.96. The van der Waals surface area contributed by atoms with Crippen LogP contribution in [0.5, 0.6) is 0 Å². The molecule has 0 spiro atoms. The number of nitrogens with zero attached hydrogens (tertiary/aromatic N) is 1. The standard InChI is InChI=1S/C62H114N4O4/c1-7-8-9-10-11-12-13-14-15-16-17-18-19-20-21-22-27-35-59(68)66(49-58(67)64-45-29-24-23-28-44-63)47-31-26-25-30-46-65-60(69)70-53-40-42-61(5)52(48-53)36-37-54-56-39-38-55(51(4)34-32-33-50(2)3)62(56,6)43-41-57(54)61/h36,50-51,53-57H,7-35,37-49,63H2,1-6H3,(H,64,67)(H,65,69)/t51-,53+,54+,55-,56+,57+,61+,62-/m1/s1. The molecule has 8 heteroatoms. The Hall–Kier alpha value is -2.09. The second-order valence-electron chi connectivity index (χ2n) is 24.7. The third-order valence-corrected chi connectivity index (χ3v) is 18.8. The fourth-order valence-electron chi connectivity index (χ4n) is 14.4. The average Bonchev–Trinajstić information content (AvgIpc) is 3.70. The van der Waals surface area contributed by atoms with Crippen LogP contribution in [0.1, 0.15) is 279 Å². The highest BCUT2D eigenvalue weighted by molar-refractivity contribution is 5.84. The van der Waals surface area contributed by atoms with Gasteiger partial charge in [0.25, 0.3) is 0 Å². The van der Waals surface area contributed by atoms with Crippen molar-refractivity contribution in [1.29, 1.82) is 0 Å². The topological polar surface area (TPSA) is 114 Å². The van der Waals surface area contributed by atoms with Gasteiger partial charge in [0, 0.05) is 32.5 Å². The van der Waals surface area contributed by atoms with Crippen LogP contribution in [0, 0.1) is 46.3 Å². The van der Waals surface area contributed by atoms with Gasteiger partial charge in [-0.1, -0.05) is 201 Å². The molecule has 0 radical (unpaired) electrons. The summed E-state index contributed by atoms with van der Waals surface area (Å²) in [5, 5.41) is 6.11. The Bertz CT molecular complexity index is 1470. The molecule has 0 aromatic heterocycles. The molecule has 3 amide bonds. The van der Waals surface area contributed by atoms with Gasteiger partial charge in [-0.25, -0.2) is 4.79 Å². The zero-order valence-corrected chi connectivity index (χ0v) is 47.0. The Morgan fingerprint density at radius 3 is 1.89 bits per heavy atom. The first-order valence-corrected chi connectivity index (χ1v) is 30.8. The molecule has 0 saturated heterocycles. The molecular formula is C62H114N4O4. The zero-order chi connectivity index (χ0) is 50.5. The summed E-state index contributed by atoms with van der Waals surface area (Å²) in [6.45, 7) is 17.6. The van der Waals surface area contributed by atoms with Crippen LogP contribution in [0.25, 0.3) is 0 Å². The van der Waals surface area contributed by atoms with Crippen LogP contribution in [-0.2, 0) is 14.3 Å². The SMILES string of the molecule is CCCCCCCCCCCCCCCCCCCC(=O)N(CCCCCCNC(=O)O[C@H]1CC[C@@]2(C)C(=CC[C@H]3[C@@H]4CC[C@H]([C@H](C)CCCC(C)C)[C@@]4(C)CC[C@@H]32)C1)CC(=O)NCCCCCCN. The van der Waals surface area contributed by atoms with Gasteiger partial charge in [-0.15, -0.1) is 0 Å². The minimum absolute atomic E-state index is 0.0341. The van der Waals surface area contributed by atoms with Gasteiger partial charge in [-0.3, -0.25) is 9.59 Å². The van der Waals surface area contributed by atoms with E-state index in [1.54, 1.807) is 10.5 Å². The molecule has 0 aliphatic heterocycles. The van der Waals surface area contributed by atoms with Gasteiger partial charge < -0.3 is 26.0 Å². The van der Waals surface area contributed by atoms with Crippen molar-refractivity contribution in [2.75, 3.05) is 32.7 Å². The third kappa shape index (κ3) is 21.0. The van der Waals surface area contributed by atoms with E-state index in [0.29, 0.717) is 38.0 Å². The Balaban J connectivity index is 1.09. The number of unbranched alkanes of at least 4 members (excludes halogenated alkanes) is 22. The van der Waals surface area contributed by atoms with Crippen molar-refractivity contribution in [3.8, 4) is 0 Å². The highest BCUT2D eigenvalue weighted by Gasteiger charge is 2.59. The number of hydrogen-bond acceptors (Lipinski definition) is 5. The smallest absolute Gasteiger partial charge is 0.407 e. The van der Waals surface area contributed by atoms with E-state index in [2.05, 4.69) is 58.3 Å². The Morgan fingerprint density at radius 2 is 1.26 bits per heavy atom. The lowest BCUT2D eigenvalue weighted by molar-refractivity contribution is -0.136. The Kier molecular flexibility index (Phi) is 29.7. The fourth-order valence-corrected chi connectivity index (χ4v) is 14.4. The molecule has 4 rings (SSSR count). The van der Waals surface area contributed by atoms with Crippen molar-refractivity contribution in [1.82, 2.24) is 15.5 Å². The van der Waals surface area contributed by atoms with Crippen LogP contribution >= 0.6 is 0 Å². The molecule has 0 unspecified atom stereocenters. The summed E-state index contributed by atoms with van der Waals surface area (Å²) in [4.78, 5) is 41.2. The van der Waals surface area contributed by atoms with Crippen LogP contribution < -0.4 is 16.4 Å². The van der Waals surface area contributed by atoms with E-state index < -0.39 is 0 Å². The lowest BCUT2D eigenvalue weighted by Gasteiger charge is -2.58. The summed E-state index contributed by atoms with van der Waals surface area (Å²) < 4.78 is 6.09. The van der Waals surface area contributed by atoms with Gasteiger partial charge in [0.15, 0.2) is 0 Å². The summed E-state index contributed by atoms with van der Waals surface area (Å²) >= 11 is 0. The van der Waals surface area contributed by atoms with E-state index in [1.165, 1.54) is 148 Å². The Labute approximate surface area is 432 Å². The lowest BCUT2D eigenvalue weighted by Crippen LogP contribution is -2.51. The first kappa shape index (κ1) is 60.5. The van der Waals surface area contributed by atoms with Gasteiger partial charge in [-0.05, 0) is 130 Å². The summed E-state index contributed by atoms with van der Waals surface area (Å²) in [7, 11) is 0. The highest BCUT2D eigenvalue weighted by atomic mass is 16.6. The summed E-state index contributed by atoms with van der Waals surface area (Å²) in [5.74, 6) is 5.04. The molecule has 0 bridgehead atoms. The number of carbonyl (C=O) groups is 3. The number of hydrogen-bond donors (Lipinski definition) is 3. The van der Waals surface area contributed by atoms with Gasteiger partial charge in [0.2, 0.25) is 11.8 Å². The quantitative estimate of drug-likeness (QED) is 0.0419. The normalized spacial score (nSPS) is 25.4. The van der Waals surface area contributed by atoms with Crippen LogP contribution in [0.15, 0.2) is 11.6 Å². The van der Waals surface area contributed by atoms with E-state index in [1.807, 2.05) is 0 Å². The predicted octanol–water partition coefficient (Wildman–Crippen LogP) is 16.2. The van der Waals surface area contributed by atoms with E-state index in [-0.39, 0.29) is 36.0 Å². The van der Waals surface area contributed by atoms with Crippen LogP contribution in [0.3, 0.4) is 0 Å². The van der Waals surface area contributed by atoms with E-state index in [0.717, 1.165) is 119 Å². The molecule has 0 aromatic carbocycles. The van der Waals surface area contributed by atoms with Crippen LogP contribution in [0.4, 0.5) is 4.79 Å². The highest BCUT2D eigenvalue weighted by Crippen LogP contribution is 2.67. The number of allylic oxidation sites excluding steroid dienone is 1. The van der Waals surface area contributed by atoms with Crippen molar-refractivity contribution < 1.29 is 19.1 Å². The van der Waals surface area contributed by atoms with Crippen LogP contribution in [0.2, 0.25) is 0 Å². The summed E-state index contributed by atoms with van der Waals surface area (Å²) in [6.07, 6.45) is 47.0. The largest absolute Gasteiger partial charge is 0.446 e. The maximum absolute atomic E-state index is 13.4. The molecule has 8 atom stereocenters. The number of nitrogens with one attached hydrogen (secondary N) is 2. The number of amides is 3. The van der Waals surface area contributed by atoms with Gasteiger partial charge >= 0.3 is 6.09 Å². The molecular weight excluding hydrogens is 865 g/mol. The molecule has 0 aromatic rings. The average molecular weight is 980 g/mol.